The first kappa shape index (κ1) is 21.3. The second-order valence-corrected chi connectivity index (χ2v) is 7.94. The van der Waals surface area contributed by atoms with Gasteiger partial charge in [-0.3, -0.25) is 9.48 Å². The highest BCUT2D eigenvalue weighted by molar-refractivity contribution is 7.91. The van der Waals surface area contributed by atoms with Gasteiger partial charge in [0.2, 0.25) is 9.84 Å². The van der Waals surface area contributed by atoms with Crippen LogP contribution in [0.4, 0.5) is 14.5 Å². The van der Waals surface area contributed by atoms with Gasteiger partial charge in [-0.05, 0) is 50.2 Å². The minimum Gasteiger partial charge on any atom is -0.324 e. The van der Waals surface area contributed by atoms with E-state index in [2.05, 4.69) is 15.7 Å². The molecule has 11 heteroatoms. The Balaban J connectivity index is 0.00000261. The van der Waals surface area contributed by atoms with E-state index in [0.29, 0.717) is 25.9 Å². The van der Waals surface area contributed by atoms with Crippen LogP contribution in [0.2, 0.25) is 0 Å². The third-order valence-electron chi connectivity index (χ3n) is 4.45. The van der Waals surface area contributed by atoms with Crippen LogP contribution < -0.4 is 10.6 Å². The fourth-order valence-corrected chi connectivity index (χ4v) is 3.79. The van der Waals surface area contributed by atoms with Crippen LogP contribution in [-0.4, -0.2) is 43.0 Å². The summed E-state index contributed by atoms with van der Waals surface area (Å²) in [5, 5.41) is 10.0. The van der Waals surface area contributed by atoms with Crippen LogP contribution >= 0.6 is 12.4 Å². The molecular weight excluding hydrogens is 402 g/mol. The molecule has 2 aromatic rings. The van der Waals surface area contributed by atoms with Gasteiger partial charge in [0.25, 0.3) is 5.91 Å². The summed E-state index contributed by atoms with van der Waals surface area (Å²) in [7, 11) is -4.73. The number of benzene rings is 1. The zero-order valence-electron chi connectivity index (χ0n) is 14.1. The maximum absolute atomic E-state index is 13.0. The topological polar surface area (TPSA) is 93.1 Å². The number of aromatic nitrogens is 2. The second-order valence-electron chi connectivity index (χ2n) is 6.02. The van der Waals surface area contributed by atoms with Gasteiger partial charge in [0.1, 0.15) is 5.54 Å². The lowest BCUT2D eigenvalue weighted by molar-refractivity contribution is -0.126. The van der Waals surface area contributed by atoms with Gasteiger partial charge in [-0.15, -0.1) is 12.4 Å². The average Bonchev–Trinajstić information content (AvgIpc) is 3.17. The van der Waals surface area contributed by atoms with Crippen LogP contribution in [0.15, 0.2) is 47.6 Å². The number of sulfone groups is 1. The van der Waals surface area contributed by atoms with E-state index in [-0.39, 0.29) is 24.0 Å². The number of alkyl halides is 2. The van der Waals surface area contributed by atoms with Crippen LogP contribution in [0.1, 0.15) is 12.8 Å². The number of nitrogens with one attached hydrogen (secondary N) is 2. The highest BCUT2D eigenvalue weighted by atomic mass is 35.5. The van der Waals surface area contributed by atoms with Crippen molar-refractivity contribution in [2.75, 3.05) is 18.4 Å². The minimum atomic E-state index is -4.73. The van der Waals surface area contributed by atoms with E-state index in [4.69, 9.17) is 0 Å². The van der Waals surface area contributed by atoms with Crippen LogP contribution in [0.25, 0.3) is 0 Å². The maximum atomic E-state index is 13.0. The number of hydrogen-bond acceptors (Lipinski definition) is 5. The van der Waals surface area contributed by atoms with Gasteiger partial charge in [-0.25, -0.2) is 8.42 Å². The second kappa shape index (κ2) is 8.32. The third-order valence-corrected chi connectivity index (χ3v) is 5.83. The van der Waals surface area contributed by atoms with Gasteiger partial charge in [0.15, 0.2) is 0 Å². The molecule has 2 N–H and O–H groups in total. The highest BCUT2D eigenvalue weighted by Crippen LogP contribution is 2.29. The molecule has 1 aromatic carbocycles. The number of carbonyl (C=O) groups excluding carboxylic acids is 1. The van der Waals surface area contributed by atoms with Crippen molar-refractivity contribution < 1.29 is 22.0 Å². The molecule has 0 saturated carbocycles. The summed E-state index contributed by atoms with van der Waals surface area (Å²) >= 11 is 0. The third kappa shape index (κ3) is 4.12. The van der Waals surface area contributed by atoms with Gasteiger partial charge in [0, 0.05) is 18.1 Å². The van der Waals surface area contributed by atoms with E-state index < -0.39 is 26.0 Å². The molecule has 1 amide bonds. The monoisotopic (exact) mass is 420 g/mol. The molecule has 0 atom stereocenters. The SMILES string of the molecule is Cl.O=C(Nc1cccc(S(=O)(=O)C(F)F)c1)C1(n2cccn2)CCNCC1. The van der Waals surface area contributed by atoms with E-state index in [1.54, 1.807) is 23.1 Å². The number of carbonyl (C=O) groups is 1. The minimum absolute atomic E-state index is 0. The van der Waals surface area contributed by atoms with Crippen molar-refractivity contribution in [3.63, 3.8) is 0 Å². The first-order chi connectivity index (χ1) is 12.4. The Labute approximate surface area is 161 Å². The number of piperidine rings is 1. The summed E-state index contributed by atoms with van der Waals surface area (Å²) in [4.78, 5) is 12.4. The molecule has 1 aliphatic rings. The van der Waals surface area contributed by atoms with E-state index in [9.17, 15) is 22.0 Å². The largest absolute Gasteiger partial charge is 0.341 e. The Bertz CT molecular complexity index is 885. The molecule has 1 fully saturated rings. The summed E-state index contributed by atoms with van der Waals surface area (Å²) in [6.07, 6.45) is 4.26. The highest BCUT2D eigenvalue weighted by Gasteiger charge is 2.42. The van der Waals surface area contributed by atoms with Gasteiger partial charge in [-0.1, -0.05) is 6.07 Å². The summed E-state index contributed by atoms with van der Waals surface area (Å²) < 4.78 is 50.3. The van der Waals surface area contributed by atoms with Crippen molar-refractivity contribution in [2.24, 2.45) is 0 Å². The quantitative estimate of drug-likeness (QED) is 0.772. The molecule has 1 saturated heterocycles. The van der Waals surface area contributed by atoms with Gasteiger partial charge < -0.3 is 10.6 Å². The smallest absolute Gasteiger partial charge is 0.324 e. The van der Waals surface area contributed by atoms with E-state index in [1.165, 1.54) is 12.1 Å². The summed E-state index contributed by atoms with van der Waals surface area (Å²) in [6, 6.07) is 6.60. The molecule has 2 heterocycles. The number of amides is 1. The van der Waals surface area contributed by atoms with E-state index >= 15 is 0 Å². The Morgan fingerprint density at radius 3 is 2.56 bits per heavy atom. The predicted octanol–water partition coefficient (Wildman–Crippen LogP) is 2.02. The van der Waals surface area contributed by atoms with Crippen molar-refractivity contribution >= 4 is 33.8 Å². The molecule has 0 spiro atoms. The van der Waals surface area contributed by atoms with Crippen molar-refractivity contribution in [1.82, 2.24) is 15.1 Å². The number of rotatable bonds is 5. The molecule has 0 radical (unpaired) electrons. The lowest BCUT2D eigenvalue weighted by Crippen LogP contribution is -2.52. The summed E-state index contributed by atoms with van der Waals surface area (Å²) in [5.41, 5.74) is -0.784. The Morgan fingerprint density at radius 2 is 1.96 bits per heavy atom. The zero-order valence-corrected chi connectivity index (χ0v) is 15.8. The number of halogens is 3. The van der Waals surface area contributed by atoms with E-state index in [1.807, 2.05) is 0 Å². The zero-order chi connectivity index (χ0) is 18.8. The lowest BCUT2D eigenvalue weighted by atomic mass is 9.87. The Hall–Kier alpha value is -2.04. The molecule has 0 aliphatic carbocycles. The van der Waals surface area contributed by atoms with Gasteiger partial charge in [0.05, 0.1) is 4.90 Å². The molecule has 3 rings (SSSR count). The standard InChI is InChI=1S/C16H18F2N4O3S.ClH/c17-15(18)26(24,25)13-4-1-3-12(11-13)21-14(23)16(5-8-19-9-6-16)22-10-2-7-20-22;/h1-4,7,10-11,15,19H,5-6,8-9H2,(H,21,23);1H. The fraction of sp³-hybridized carbons (Fsp3) is 0.375. The van der Waals surface area contributed by atoms with E-state index in [0.717, 1.165) is 12.1 Å². The van der Waals surface area contributed by atoms with Gasteiger partial charge in [-0.2, -0.15) is 13.9 Å². The molecule has 1 aliphatic heterocycles. The fourth-order valence-electron chi connectivity index (χ4n) is 3.02. The van der Waals surface area contributed by atoms with Crippen molar-refractivity contribution in [3.05, 3.63) is 42.7 Å². The normalized spacial score (nSPS) is 16.6. The number of anilines is 1. The molecule has 27 heavy (non-hydrogen) atoms. The van der Waals surface area contributed by atoms with Crippen molar-refractivity contribution in [2.45, 2.75) is 29.0 Å². The molecular formula is C16H19ClF2N4O3S. The van der Waals surface area contributed by atoms with Crippen LogP contribution in [-0.2, 0) is 20.2 Å². The number of hydrogen-bond donors (Lipinski definition) is 2. The van der Waals surface area contributed by atoms with Crippen molar-refractivity contribution in [3.8, 4) is 0 Å². The molecule has 0 bridgehead atoms. The first-order valence-corrected chi connectivity index (χ1v) is 9.55. The van der Waals surface area contributed by atoms with Crippen LogP contribution in [0.5, 0.6) is 0 Å². The summed E-state index contributed by atoms with van der Waals surface area (Å²) in [6.45, 7) is 1.24. The number of nitrogens with zero attached hydrogens (tertiary/aromatic N) is 2. The predicted molar refractivity (Wildman–Crippen MR) is 97.8 cm³/mol. The lowest BCUT2D eigenvalue weighted by Gasteiger charge is -2.36. The molecule has 0 unspecified atom stereocenters. The van der Waals surface area contributed by atoms with Crippen molar-refractivity contribution in [1.29, 1.82) is 0 Å². The molecule has 148 valence electrons. The first-order valence-electron chi connectivity index (χ1n) is 8.01. The van der Waals surface area contributed by atoms with Gasteiger partial charge >= 0.3 is 5.76 Å². The molecule has 7 nitrogen and oxygen atoms in total. The summed E-state index contributed by atoms with van der Waals surface area (Å²) in [5.74, 6) is -3.89. The Morgan fingerprint density at radius 1 is 1.26 bits per heavy atom. The maximum Gasteiger partial charge on any atom is 0.341 e. The Kier molecular flexibility index (Phi) is 6.55. The van der Waals surface area contributed by atoms with Crippen LogP contribution in [0.3, 0.4) is 0 Å². The average molecular weight is 421 g/mol. The molecule has 1 aromatic heterocycles. The van der Waals surface area contributed by atoms with Crippen LogP contribution in [0, 0.1) is 0 Å².